The molecule has 0 bridgehead atoms. The molecule has 0 aliphatic carbocycles. The van der Waals surface area contributed by atoms with Gasteiger partial charge in [-0.3, -0.25) is 0 Å². The molecule has 0 spiro atoms. The molecule has 1 aromatic heterocycles. The van der Waals surface area contributed by atoms with Crippen LogP contribution in [-0.4, -0.2) is 18.8 Å². The van der Waals surface area contributed by atoms with Gasteiger partial charge in [0.15, 0.2) is 5.22 Å². The fourth-order valence-electron chi connectivity index (χ4n) is 1.81. The van der Waals surface area contributed by atoms with Crippen molar-refractivity contribution in [3.05, 3.63) is 23.1 Å². The Hall–Kier alpha value is -0.120. The predicted octanol–water partition coefficient (Wildman–Crippen LogP) is 3.17. The van der Waals surface area contributed by atoms with Crippen LogP contribution in [0.3, 0.4) is 0 Å². The summed E-state index contributed by atoms with van der Waals surface area (Å²) in [7, 11) is 0. The van der Waals surface area contributed by atoms with Gasteiger partial charge >= 0.3 is 0 Å². The summed E-state index contributed by atoms with van der Waals surface area (Å²) in [5.41, 5.74) is 0. The molecular weight excluding hydrogens is 230 g/mol. The summed E-state index contributed by atoms with van der Waals surface area (Å²) >= 11 is 7.62. The van der Waals surface area contributed by atoms with Gasteiger partial charge in [-0.05, 0) is 61.3 Å². The summed E-state index contributed by atoms with van der Waals surface area (Å²) in [6, 6.07) is 3.75. The highest BCUT2D eigenvalue weighted by Crippen LogP contribution is 2.21. The van der Waals surface area contributed by atoms with Crippen LogP contribution >= 0.6 is 23.4 Å². The van der Waals surface area contributed by atoms with Gasteiger partial charge in [-0.1, -0.05) is 0 Å². The molecule has 15 heavy (non-hydrogen) atoms. The molecule has 0 saturated carbocycles. The maximum Gasteiger partial charge on any atom is 0.193 e. The summed E-state index contributed by atoms with van der Waals surface area (Å²) < 4.78 is 5.29. The van der Waals surface area contributed by atoms with Gasteiger partial charge < -0.3 is 9.73 Å². The zero-order chi connectivity index (χ0) is 10.5. The SMILES string of the molecule is Clc1ccc(CSCCC2CCNC2)o1. The summed E-state index contributed by atoms with van der Waals surface area (Å²) in [5.74, 6) is 4.02. The van der Waals surface area contributed by atoms with Crippen molar-refractivity contribution in [3.8, 4) is 0 Å². The van der Waals surface area contributed by atoms with Crippen LogP contribution in [0.1, 0.15) is 18.6 Å². The monoisotopic (exact) mass is 245 g/mol. The van der Waals surface area contributed by atoms with Crippen molar-refractivity contribution in [2.24, 2.45) is 5.92 Å². The quantitative estimate of drug-likeness (QED) is 0.807. The average Bonchev–Trinajstić information content (AvgIpc) is 2.84. The van der Waals surface area contributed by atoms with Gasteiger partial charge in [0.1, 0.15) is 5.76 Å². The molecule has 1 atom stereocenters. The van der Waals surface area contributed by atoms with Gasteiger partial charge in [-0.2, -0.15) is 11.8 Å². The van der Waals surface area contributed by atoms with Crippen LogP contribution in [0.15, 0.2) is 16.5 Å². The first-order valence-corrected chi connectivity index (χ1v) is 6.90. The van der Waals surface area contributed by atoms with Crippen LogP contribution < -0.4 is 5.32 Å². The Morgan fingerprint density at radius 3 is 3.13 bits per heavy atom. The van der Waals surface area contributed by atoms with Crippen molar-refractivity contribution in [2.75, 3.05) is 18.8 Å². The van der Waals surface area contributed by atoms with E-state index in [9.17, 15) is 0 Å². The summed E-state index contributed by atoms with van der Waals surface area (Å²) in [6.07, 6.45) is 2.65. The summed E-state index contributed by atoms with van der Waals surface area (Å²) in [6.45, 7) is 2.40. The van der Waals surface area contributed by atoms with Crippen LogP contribution in [0.4, 0.5) is 0 Å². The van der Waals surface area contributed by atoms with Gasteiger partial charge in [0.2, 0.25) is 0 Å². The minimum atomic E-state index is 0.491. The normalized spacial score (nSPS) is 21.0. The second-order valence-corrected chi connectivity index (χ2v) is 5.38. The molecule has 2 heterocycles. The number of nitrogens with one attached hydrogen (secondary N) is 1. The van der Waals surface area contributed by atoms with E-state index in [0.717, 1.165) is 17.4 Å². The minimum absolute atomic E-state index is 0.491. The van der Waals surface area contributed by atoms with Crippen LogP contribution in [0.2, 0.25) is 5.22 Å². The lowest BCUT2D eigenvalue weighted by atomic mass is 10.1. The molecule has 1 fully saturated rings. The van der Waals surface area contributed by atoms with Gasteiger partial charge in [0.25, 0.3) is 0 Å². The predicted molar refractivity (Wildman–Crippen MR) is 65.5 cm³/mol. The molecule has 2 rings (SSSR count). The van der Waals surface area contributed by atoms with Crippen molar-refractivity contribution >= 4 is 23.4 Å². The molecule has 1 unspecified atom stereocenters. The van der Waals surface area contributed by atoms with E-state index in [2.05, 4.69) is 5.32 Å². The highest BCUT2D eigenvalue weighted by Gasteiger charge is 2.13. The van der Waals surface area contributed by atoms with Crippen LogP contribution in [0, 0.1) is 5.92 Å². The van der Waals surface area contributed by atoms with Crippen molar-refractivity contribution in [2.45, 2.75) is 18.6 Å². The fraction of sp³-hybridized carbons (Fsp3) is 0.636. The van der Waals surface area contributed by atoms with Crippen LogP contribution in [-0.2, 0) is 5.75 Å². The first kappa shape index (κ1) is 11.4. The zero-order valence-corrected chi connectivity index (χ0v) is 10.2. The Morgan fingerprint density at radius 1 is 1.53 bits per heavy atom. The smallest absolute Gasteiger partial charge is 0.193 e. The molecule has 0 amide bonds. The maximum absolute atomic E-state index is 5.69. The maximum atomic E-state index is 5.69. The van der Waals surface area contributed by atoms with Crippen LogP contribution in [0.25, 0.3) is 0 Å². The third kappa shape index (κ3) is 3.74. The summed E-state index contributed by atoms with van der Waals surface area (Å²) in [4.78, 5) is 0. The minimum Gasteiger partial charge on any atom is -0.449 e. The van der Waals surface area contributed by atoms with E-state index in [0.29, 0.717) is 5.22 Å². The third-order valence-electron chi connectivity index (χ3n) is 2.71. The lowest BCUT2D eigenvalue weighted by Gasteiger charge is -2.06. The first-order chi connectivity index (χ1) is 7.34. The average molecular weight is 246 g/mol. The highest BCUT2D eigenvalue weighted by molar-refractivity contribution is 7.98. The molecule has 0 aromatic carbocycles. The molecule has 1 saturated heterocycles. The van der Waals surface area contributed by atoms with Crippen LogP contribution in [0.5, 0.6) is 0 Å². The van der Waals surface area contributed by atoms with E-state index in [1.165, 1.54) is 31.7 Å². The van der Waals surface area contributed by atoms with E-state index in [4.69, 9.17) is 16.0 Å². The second kappa shape index (κ2) is 5.83. The molecular formula is C11H16ClNOS. The second-order valence-electron chi connectivity index (χ2n) is 3.91. The molecule has 1 aliphatic heterocycles. The Balaban J connectivity index is 1.58. The van der Waals surface area contributed by atoms with Crippen molar-refractivity contribution in [1.82, 2.24) is 5.32 Å². The van der Waals surface area contributed by atoms with E-state index >= 15 is 0 Å². The van der Waals surface area contributed by atoms with Gasteiger partial charge in [0, 0.05) is 0 Å². The van der Waals surface area contributed by atoms with E-state index in [-0.39, 0.29) is 0 Å². The van der Waals surface area contributed by atoms with Crippen molar-refractivity contribution in [1.29, 1.82) is 0 Å². The fourth-order valence-corrected chi connectivity index (χ4v) is 2.98. The highest BCUT2D eigenvalue weighted by atomic mass is 35.5. The van der Waals surface area contributed by atoms with Gasteiger partial charge in [-0.25, -0.2) is 0 Å². The topological polar surface area (TPSA) is 25.2 Å². The first-order valence-electron chi connectivity index (χ1n) is 5.37. The van der Waals surface area contributed by atoms with E-state index in [1.807, 2.05) is 17.8 Å². The number of hydrogen-bond donors (Lipinski definition) is 1. The number of hydrogen-bond acceptors (Lipinski definition) is 3. The Bertz CT molecular complexity index is 297. The lowest BCUT2D eigenvalue weighted by molar-refractivity contribution is 0.531. The zero-order valence-electron chi connectivity index (χ0n) is 8.67. The Kier molecular flexibility index (Phi) is 4.42. The Labute approximate surface area is 99.8 Å². The number of rotatable bonds is 5. The molecule has 1 N–H and O–H groups in total. The molecule has 1 aliphatic rings. The largest absolute Gasteiger partial charge is 0.449 e. The number of thioether (sulfide) groups is 1. The standard InChI is InChI=1S/C11H16ClNOS/c12-11-2-1-10(14-11)8-15-6-4-9-3-5-13-7-9/h1-2,9,13H,3-8H2. The van der Waals surface area contributed by atoms with Crippen molar-refractivity contribution < 1.29 is 4.42 Å². The molecule has 1 aromatic rings. The van der Waals surface area contributed by atoms with Gasteiger partial charge in [-0.15, -0.1) is 0 Å². The van der Waals surface area contributed by atoms with E-state index in [1.54, 1.807) is 6.07 Å². The van der Waals surface area contributed by atoms with E-state index < -0.39 is 0 Å². The lowest BCUT2D eigenvalue weighted by Crippen LogP contribution is -2.09. The molecule has 0 radical (unpaired) electrons. The molecule has 84 valence electrons. The number of halogens is 1. The summed E-state index contributed by atoms with van der Waals surface area (Å²) in [5, 5.41) is 3.88. The third-order valence-corrected chi connectivity index (χ3v) is 3.92. The molecule has 4 heteroatoms. The van der Waals surface area contributed by atoms with Gasteiger partial charge in [0.05, 0.1) is 5.75 Å². The molecule has 2 nitrogen and oxygen atoms in total. The van der Waals surface area contributed by atoms with Crippen molar-refractivity contribution in [3.63, 3.8) is 0 Å². The Morgan fingerprint density at radius 2 is 2.47 bits per heavy atom. The number of furan rings is 1.